The van der Waals surface area contributed by atoms with Gasteiger partial charge in [-0.15, -0.1) is 0 Å². The molecule has 1 spiro atoms. The number of nitrogens with zero attached hydrogens (tertiary/aromatic N) is 2. The Kier molecular flexibility index (Phi) is 7.41. The van der Waals surface area contributed by atoms with E-state index in [1.54, 1.807) is 4.90 Å². The molecule has 0 aromatic carbocycles. The van der Waals surface area contributed by atoms with Crippen molar-refractivity contribution < 1.29 is 29.0 Å². The smallest absolute Gasteiger partial charge is 0.313 e. The van der Waals surface area contributed by atoms with E-state index in [-0.39, 0.29) is 36.4 Å². The zero-order valence-electron chi connectivity index (χ0n) is 24.3. The molecule has 0 saturated carbocycles. The van der Waals surface area contributed by atoms with Gasteiger partial charge in [-0.3, -0.25) is 14.4 Å². The molecule has 4 rings (SSSR count). The van der Waals surface area contributed by atoms with Crippen molar-refractivity contribution in [3.63, 3.8) is 0 Å². The number of amides is 2. The molecular formula is C30H46N2O6. The summed E-state index contributed by atoms with van der Waals surface area (Å²) >= 11 is 0. The predicted molar refractivity (Wildman–Crippen MR) is 144 cm³/mol. The molecule has 4 aliphatic heterocycles. The first-order valence-electron chi connectivity index (χ1n) is 14.1. The molecule has 1 N–H and O–H groups in total. The maximum atomic E-state index is 14.7. The molecule has 2 saturated heterocycles. The van der Waals surface area contributed by atoms with Crippen LogP contribution < -0.4 is 0 Å². The molecule has 0 radical (unpaired) electrons. The highest BCUT2D eigenvalue weighted by atomic mass is 16.6. The largest absolute Gasteiger partial charge is 0.465 e. The predicted octanol–water partition coefficient (Wildman–Crippen LogP) is 3.48. The van der Waals surface area contributed by atoms with Gasteiger partial charge >= 0.3 is 5.97 Å². The maximum absolute atomic E-state index is 14.7. The summed E-state index contributed by atoms with van der Waals surface area (Å²) < 4.78 is 12.5. The molecule has 4 aliphatic rings. The van der Waals surface area contributed by atoms with Crippen molar-refractivity contribution in [2.75, 3.05) is 19.8 Å². The molecule has 38 heavy (non-hydrogen) atoms. The second kappa shape index (κ2) is 9.77. The van der Waals surface area contributed by atoms with Crippen LogP contribution in [0.3, 0.4) is 0 Å². The zero-order valence-corrected chi connectivity index (χ0v) is 24.3. The Labute approximate surface area is 227 Å². The average Bonchev–Trinajstić information content (AvgIpc) is 3.13. The van der Waals surface area contributed by atoms with Crippen LogP contribution in [0.2, 0.25) is 0 Å². The van der Waals surface area contributed by atoms with E-state index in [4.69, 9.17) is 9.47 Å². The number of ether oxygens (including phenoxy) is 2. The summed E-state index contributed by atoms with van der Waals surface area (Å²) in [6, 6.07) is -1.60. The van der Waals surface area contributed by atoms with Crippen molar-refractivity contribution in [1.29, 1.82) is 0 Å². The molecule has 0 aliphatic carbocycles. The van der Waals surface area contributed by atoms with Crippen molar-refractivity contribution >= 4 is 17.8 Å². The van der Waals surface area contributed by atoms with Gasteiger partial charge < -0.3 is 24.4 Å². The van der Waals surface area contributed by atoms with Crippen LogP contribution in [0.15, 0.2) is 24.3 Å². The maximum Gasteiger partial charge on any atom is 0.313 e. The minimum atomic E-state index is -1.35. The summed E-state index contributed by atoms with van der Waals surface area (Å²) in [6.45, 7) is 16.7. The van der Waals surface area contributed by atoms with Crippen LogP contribution in [0.4, 0.5) is 0 Å². The molecule has 4 heterocycles. The number of cyclic esters (lactones) is 1. The number of aliphatic hydroxyl groups is 1. The highest BCUT2D eigenvalue weighted by molar-refractivity contribution is 5.99. The average molecular weight is 531 g/mol. The quantitative estimate of drug-likeness (QED) is 0.417. The fourth-order valence-corrected chi connectivity index (χ4v) is 7.58. The molecule has 8 heteroatoms. The number of esters is 1. The van der Waals surface area contributed by atoms with E-state index in [0.717, 1.165) is 6.42 Å². The first kappa shape index (κ1) is 28.8. The van der Waals surface area contributed by atoms with Gasteiger partial charge in [0.25, 0.3) is 0 Å². The molecular weight excluding hydrogens is 484 g/mol. The molecule has 8 nitrogen and oxygen atoms in total. The number of carbonyl (C=O) groups excluding carboxylic acids is 3. The summed E-state index contributed by atoms with van der Waals surface area (Å²) in [5.74, 6) is -2.94. The number of hydrogen-bond acceptors (Lipinski definition) is 6. The first-order valence-corrected chi connectivity index (χ1v) is 14.1. The number of fused-ring (bicyclic) bond motifs is 2. The minimum absolute atomic E-state index is 0.0348. The Morgan fingerprint density at radius 3 is 2.32 bits per heavy atom. The normalized spacial score (nSPS) is 34.5. The highest BCUT2D eigenvalue weighted by Crippen LogP contribution is 2.59. The number of likely N-dealkylation sites (tertiary alicyclic amines) is 1. The van der Waals surface area contributed by atoms with E-state index in [2.05, 4.69) is 34.6 Å². The SMILES string of the molecule is CC[C@@]12C=CCCOC(=O)[C@@H]1[C@H]1C(=O)N([C@@H](CO)C(C)C)C3C(=O)N(C(C)(C)CC(C)(C)C)CC=C[C@@]31O2. The van der Waals surface area contributed by atoms with Gasteiger partial charge in [0.1, 0.15) is 23.2 Å². The van der Waals surface area contributed by atoms with Crippen molar-refractivity contribution in [3.05, 3.63) is 24.3 Å². The molecule has 0 bridgehead atoms. The van der Waals surface area contributed by atoms with Gasteiger partial charge in [-0.05, 0) is 44.4 Å². The fraction of sp³-hybridized carbons (Fsp3) is 0.767. The van der Waals surface area contributed by atoms with Crippen molar-refractivity contribution in [2.24, 2.45) is 23.2 Å². The zero-order chi connectivity index (χ0) is 28.3. The molecule has 2 amide bonds. The molecule has 6 atom stereocenters. The van der Waals surface area contributed by atoms with Gasteiger partial charge in [0.2, 0.25) is 11.8 Å². The number of carbonyl (C=O) groups is 3. The Balaban J connectivity index is 1.92. The first-order chi connectivity index (χ1) is 17.7. The Morgan fingerprint density at radius 2 is 1.74 bits per heavy atom. The van der Waals surface area contributed by atoms with Crippen LogP contribution in [-0.2, 0) is 23.9 Å². The summed E-state index contributed by atoms with van der Waals surface area (Å²) in [7, 11) is 0. The Bertz CT molecular complexity index is 1030. The molecule has 2 fully saturated rings. The van der Waals surface area contributed by atoms with E-state index in [1.807, 2.05) is 50.0 Å². The Morgan fingerprint density at radius 1 is 1.05 bits per heavy atom. The lowest BCUT2D eigenvalue weighted by atomic mass is 9.73. The topological polar surface area (TPSA) is 96.4 Å². The molecule has 1 unspecified atom stereocenters. The number of hydrogen-bond donors (Lipinski definition) is 1. The van der Waals surface area contributed by atoms with Crippen LogP contribution in [0.25, 0.3) is 0 Å². The lowest BCUT2D eigenvalue weighted by molar-refractivity contribution is -0.165. The monoisotopic (exact) mass is 530 g/mol. The fourth-order valence-electron chi connectivity index (χ4n) is 7.58. The van der Waals surface area contributed by atoms with Crippen LogP contribution in [0.1, 0.15) is 74.7 Å². The van der Waals surface area contributed by atoms with Gasteiger partial charge in [-0.2, -0.15) is 0 Å². The third kappa shape index (κ3) is 4.41. The highest BCUT2D eigenvalue weighted by Gasteiger charge is 2.76. The van der Waals surface area contributed by atoms with Crippen LogP contribution in [0, 0.1) is 23.2 Å². The van der Waals surface area contributed by atoms with Gasteiger partial charge in [0, 0.05) is 12.1 Å². The van der Waals surface area contributed by atoms with E-state index in [1.165, 1.54) is 0 Å². The standard InChI is InChI=1S/C30H46N2O6/c1-9-29-13-10-11-16-37-26(36)22(29)21-24(34)32(20(17-33)19(2)3)23-25(35)31(15-12-14-30(21,23)38-29)28(7,8)18-27(4,5)6/h10,12-14,19-23,33H,9,11,15-18H2,1-8H3/t20-,21-,22-,23?,29+,30-/m0/s1. The third-order valence-electron chi connectivity index (χ3n) is 8.85. The second-order valence-electron chi connectivity index (χ2n) is 13.6. The third-order valence-corrected chi connectivity index (χ3v) is 8.85. The van der Waals surface area contributed by atoms with Crippen LogP contribution >= 0.6 is 0 Å². The lowest BCUT2D eigenvalue weighted by Gasteiger charge is -2.46. The van der Waals surface area contributed by atoms with Crippen LogP contribution in [0.5, 0.6) is 0 Å². The van der Waals surface area contributed by atoms with Gasteiger partial charge in [0.15, 0.2) is 0 Å². The molecule has 212 valence electrons. The summed E-state index contributed by atoms with van der Waals surface area (Å²) in [5, 5.41) is 10.4. The minimum Gasteiger partial charge on any atom is -0.465 e. The van der Waals surface area contributed by atoms with Crippen LogP contribution in [-0.4, -0.2) is 81.3 Å². The van der Waals surface area contributed by atoms with Gasteiger partial charge in [-0.1, -0.05) is 65.8 Å². The van der Waals surface area contributed by atoms with E-state index in [9.17, 15) is 19.5 Å². The second-order valence-corrected chi connectivity index (χ2v) is 13.6. The number of aliphatic hydroxyl groups excluding tert-OH is 1. The van der Waals surface area contributed by atoms with Crippen molar-refractivity contribution in [3.8, 4) is 0 Å². The molecule has 0 aromatic heterocycles. The van der Waals surface area contributed by atoms with E-state index < -0.39 is 46.6 Å². The lowest BCUT2D eigenvalue weighted by Crippen LogP contribution is -2.62. The van der Waals surface area contributed by atoms with E-state index >= 15 is 0 Å². The van der Waals surface area contributed by atoms with Gasteiger partial charge in [-0.25, -0.2) is 0 Å². The molecule has 0 aromatic rings. The Hall–Kier alpha value is -2.19. The van der Waals surface area contributed by atoms with Crippen molar-refractivity contribution in [2.45, 2.75) is 103 Å². The van der Waals surface area contributed by atoms with Crippen molar-refractivity contribution in [1.82, 2.24) is 9.80 Å². The van der Waals surface area contributed by atoms with E-state index in [0.29, 0.717) is 19.4 Å². The summed E-state index contributed by atoms with van der Waals surface area (Å²) in [4.78, 5) is 46.1. The number of rotatable bonds is 6. The van der Waals surface area contributed by atoms with Gasteiger partial charge in [0.05, 0.1) is 25.2 Å². The summed E-state index contributed by atoms with van der Waals surface area (Å²) in [6.07, 6.45) is 9.42. The summed E-state index contributed by atoms with van der Waals surface area (Å²) in [5.41, 5.74) is -2.95.